The van der Waals surface area contributed by atoms with Crippen LogP contribution in [0, 0.1) is 0 Å². The van der Waals surface area contributed by atoms with Gasteiger partial charge in [0.2, 0.25) is 0 Å². The zero-order chi connectivity index (χ0) is 11.9. The summed E-state index contributed by atoms with van der Waals surface area (Å²) < 4.78 is -0.345. The van der Waals surface area contributed by atoms with Gasteiger partial charge in [0, 0.05) is 0 Å². The monoisotopic (exact) mass is 306 g/mol. The van der Waals surface area contributed by atoms with Gasteiger partial charge in [0.25, 0.3) is 0 Å². The quantitative estimate of drug-likeness (QED) is 0.705. The molecule has 2 heteroatoms. The third kappa shape index (κ3) is 1.64. The van der Waals surface area contributed by atoms with Crippen molar-refractivity contribution in [2.24, 2.45) is 0 Å². The van der Waals surface area contributed by atoms with Gasteiger partial charge in [-0.15, -0.1) is 11.6 Å². The standard InChI is InChI=1S/C15H12BrCl/c16-15(17)11-14(15,12-7-3-1-4-8-12)13-9-5-2-6-10-13/h1-10H,11H2/t15-/m0/s1. The second-order valence-corrected chi connectivity index (χ2v) is 6.97. The Labute approximate surface area is 115 Å². The molecule has 1 aliphatic rings. The first-order valence-electron chi connectivity index (χ1n) is 5.66. The Balaban J connectivity index is 2.15. The van der Waals surface area contributed by atoms with Crippen LogP contribution in [0.4, 0.5) is 0 Å². The minimum absolute atomic E-state index is 0.0862. The number of alkyl halides is 2. The van der Waals surface area contributed by atoms with Gasteiger partial charge in [0.15, 0.2) is 0 Å². The maximum Gasteiger partial charge on any atom is 0.114 e. The van der Waals surface area contributed by atoms with Crippen LogP contribution >= 0.6 is 27.5 Å². The molecule has 1 fully saturated rings. The van der Waals surface area contributed by atoms with Gasteiger partial charge in [-0.2, -0.15) is 0 Å². The van der Waals surface area contributed by atoms with Crippen molar-refractivity contribution in [3.63, 3.8) is 0 Å². The van der Waals surface area contributed by atoms with Gasteiger partial charge in [0.05, 0.1) is 5.41 Å². The van der Waals surface area contributed by atoms with E-state index in [1.165, 1.54) is 11.1 Å². The lowest BCUT2D eigenvalue weighted by atomic mass is 9.88. The molecule has 1 atom stereocenters. The predicted octanol–water partition coefficient (Wildman–Crippen LogP) is 4.71. The van der Waals surface area contributed by atoms with Crippen LogP contribution in [0.25, 0.3) is 0 Å². The number of halogens is 2. The highest BCUT2D eigenvalue weighted by atomic mass is 79.9. The highest BCUT2D eigenvalue weighted by Crippen LogP contribution is 2.69. The molecule has 0 aromatic heterocycles. The Morgan fingerprint density at radius 1 is 0.824 bits per heavy atom. The summed E-state index contributed by atoms with van der Waals surface area (Å²) in [4.78, 5) is 0. The van der Waals surface area contributed by atoms with Crippen LogP contribution < -0.4 is 0 Å². The summed E-state index contributed by atoms with van der Waals surface area (Å²) in [5.74, 6) is 0. The van der Waals surface area contributed by atoms with E-state index in [1.807, 2.05) is 12.1 Å². The first-order valence-corrected chi connectivity index (χ1v) is 6.83. The lowest BCUT2D eigenvalue weighted by Gasteiger charge is -2.19. The van der Waals surface area contributed by atoms with E-state index in [1.54, 1.807) is 0 Å². The van der Waals surface area contributed by atoms with Crippen molar-refractivity contribution in [1.29, 1.82) is 0 Å². The minimum atomic E-state index is -0.345. The number of benzene rings is 2. The highest BCUT2D eigenvalue weighted by Gasteiger charge is 2.67. The fraction of sp³-hybridized carbons (Fsp3) is 0.200. The second kappa shape index (κ2) is 3.86. The van der Waals surface area contributed by atoms with E-state index >= 15 is 0 Å². The smallest absolute Gasteiger partial charge is 0.105 e. The molecule has 0 saturated heterocycles. The van der Waals surface area contributed by atoms with Crippen molar-refractivity contribution < 1.29 is 0 Å². The molecule has 0 heterocycles. The third-order valence-electron chi connectivity index (χ3n) is 3.52. The molecule has 0 aliphatic heterocycles. The average Bonchev–Trinajstić information content (AvgIpc) is 2.96. The van der Waals surface area contributed by atoms with E-state index in [4.69, 9.17) is 11.6 Å². The van der Waals surface area contributed by atoms with Crippen LogP contribution in [-0.2, 0) is 5.41 Å². The molecule has 3 rings (SSSR count). The Morgan fingerprint density at radius 2 is 1.18 bits per heavy atom. The van der Waals surface area contributed by atoms with Gasteiger partial charge in [-0.3, -0.25) is 0 Å². The summed E-state index contributed by atoms with van der Waals surface area (Å²) in [7, 11) is 0. The SMILES string of the molecule is Cl[C@@]1(Br)CC1(c1ccccc1)c1ccccc1. The Hall–Kier alpha value is -0.790. The van der Waals surface area contributed by atoms with E-state index in [0.717, 1.165) is 6.42 Å². The van der Waals surface area contributed by atoms with E-state index in [-0.39, 0.29) is 9.20 Å². The lowest BCUT2D eigenvalue weighted by Crippen LogP contribution is -2.16. The van der Waals surface area contributed by atoms with E-state index in [9.17, 15) is 0 Å². The van der Waals surface area contributed by atoms with Crippen LogP contribution in [0.3, 0.4) is 0 Å². The first kappa shape index (κ1) is 11.3. The molecule has 0 nitrogen and oxygen atoms in total. The number of hydrogen-bond acceptors (Lipinski definition) is 0. The summed E-state index contributed by atoms with van der Waals surface area (Å²) in [5, 5.41) is 0. The largest absolute Gasteiger partial charge is 0.114 e. The minimum Gasteiger partial charge on any atom is -0.105 e. The predicted molar refractivity (Wildman–Crippen MR) is 75.8 cm³/mol. The summed E-state index contributed by atoms with van der Waals surface area (Å²) in [6, 6.07) is 20.9. The molecule has 0 bridgehead atoms. The Kier molecular flexibility index (Phi) is 2.57. The maximum absolute atomic E-state index is 6.55. The first-order chi connectivity index (χ1) is 8.17. The molecule has 2 aromatic carbocycles. The molecule has 1 saturated carbocycles. The molecule has 86 valence electrons. The fourth-order valence-electron chi connectivity index (χ4n) is 2.53. The molecular weight excluding hydrogens is 296 g/mol. The topological polar surface area (TPSA) is 0 Å². The van der Waals surface area contributed by atoms with Crippen LogP contribution in [0.5, 0.6) is 0 Å². The zero-order valence-electron chi connectivity index (χ0n) is 9.24. The second-order valence-electron chi connectivity index (χ2n) is 4.52. The molecular formula is C15H12BrCl. The summed E-state index contributed by atoms with van der Waals surface area (Å²) in [5.41, 5.74) is 2.47. The summed E-state index contributed by atoms with van der Waals surface area (Å²) >= 11 is 10.2. The van der Waals surface area contributed by atoms with Crippen LogP contribution in [0.2, 0.25) is 0 Å². The molecule has 0 unspecified atom stereocenters. The average molecular weight is 308 g/mol. The molecule has 17 heavy (non-hydrogen) atoms. The molecule has 2 aromatic rings. The molecule has 0 radical (unpaired) electrons. The van der Waals surface area contributed by atoms with Crippen molar-refractivity contribution in [3.05, 3.63) is 71.8 Å². The molecule has 1 aliphatic carbocycles. The summed E-state index contributed by atoms with van der Waals surface area (Å²) in [6.45, 7) is 0. The van der Waals surface area contributed by atoms with Crippen LogP contribution in [0.15, 0.2) is 60.7 Å². The number of hydrogen-bond donors (Lipinski definition) is 0. The van der Waals surface area contributed by atoms with Crippen molar-refractivity contribution in [3.8, 4) is 0 Å². The van der Waals surface area contributed by atoms with Gasteiger partial charge in [-0.25, -0.2) is 0 Å². The zero-order valence-corrected chi connectivity index (χ0v) is 11.6. The van der Waals surface area contributed by atoms with Crippen molar-refractivity contribution in [1.82, 2.24) is 0 Å². The van der Waals surface area contributed by atoms with Gasteiger partial charge < -0.3 is 0 Å². The normalized spacial score (nSPS) is 25.5. The van der Waals surface area contributed by atoms with Crippen molar-refractivity contribution >= 4 is 27.5 Å². The summed E-state index contributed by atoms with van der Waals surface area (Å²) in [6.07, 6.45) is 0.926. The van der Waals surface area contributed by atoms with Crippen LogP contribution in [0.1, 0.15) is 17.5 Å². The van der Waals surface area contributed by atoms with Gasteiger partial charge >= 0.3 is 0 Å². The molecule has 0 spiro atoms. The van der Waals surface area contributed by atoms with E-state index < -0.39 is 0 Å². The third-order valence-corrected chi connectivity index (χ3v) is 4.93. The van der Waals surface area contributed by atoms with E-state index in [0.29, 0.717) is 0 Å². The highest BCUT2D eigenvalue weighted by molar-refractivity contribution is 9.10. The van der Waals surface area contributed by atoms with Gasteiger partial charge in [-0.1, -0.05) is 76.6 Å². The Bertz CT molecular complexity index is 480. The Morgan fingerprint density at radius 3 is 1.47 bits per heavy atom. The molecule has 0 N–H and O–H groups in total. The maximum atomic E-state index is 6.55. The van der Waals surface area contributed by atoms with Crippen molar-refractivity contribution in [2.75, 3.05) is 0 Å². The fourth-order valence-corrected chi connectivity index (χ4v) is 3.82. The number of rotatable bonds is 2. The van der Waals surface area contributed by atoms with Gasteiger partial charge in [0.1, 0.15) is 3.78 Å². The van der Waals surface area contributed by atoms with E-state index in [2.05, 4.69) is 64.5 Å². The van der Waals surface area contributed by atoms with Gasteiger partial charge in [-0.05, 0) is 17.5 Å². The van der Waals surface area contributed by atoms with Crippen molar-refractivity contribution in [2.45, 2.75) is 15.6 Å². The molecule has 0 amide bonds. The van der Waals surface area contributed by atoms with Crippen LogP contribution in [-0.4, -0.2) is 3.78 Å². The lowest BCUT2D eigenvalue weighted by molar-refractivity contribution is 0.840.